The minimum absolute atomic E-state index is 0.0880. The standard InChI is InChI=1S/C16H25NO2/c1-17(2)16(12-4-8-14(18)9-5-12)13-6-10-15(19-3)11-7-13/h6-7,10-12,14,16,18H,4-5,8-9H2,1-3H3. The van der Waals surface area contributed by atoms with Gasteiger partial charge >= 0.3 is 0 Å². The van der Waals surface area contributed by atoms with Crippen LogP contribution in [0.5, 0.6) is 5.75 Å². The first-order valence-electron chi connectivity index (χ1n) is 7.10. The molecule has 1 aliphatic rings. The Morgan fingerprint density at radius 3 is 2.16 bits per heavy atom. The first kappa shape index (κ1) is 14.4. The zero-order chi connectivity index (χ0) is 13.8. The Hall–Kier alpha value is -1.06. The quantitative estimate of drug-likeness (QED) is 0.906. The fourth-order valence-corrected chi connectivity index (χ4v) is 3.21. The molecular formula is C16H25NO2. The van der Waals surface area contributed by atoms with Crippen LogP contribution in [-0.4, -0.2) is 37.3 Å². The van der Waals surface area contributed by atoms with Gasteiger partial charge < -0.3 is 14.7 Å². The highest BCUT2D eigenvalue weighted by atomic mass is 16.5. The summed E-state index contributed by atoms with van der Waals surface area (Å²) in [6.07, 6.45) is 4.00. The van der Waals surface area contributed by atoms with E-state index < -0.39 is 0 Å². The Bertz CT molecular complexity index is 380. The van der Waals surface area contributed by atoms with Crippen molar-refractivity contribution < 1.29 is 9.84 Å². The normalized spacial score (nSPS) is 25.3. The van der Waals surface area contributed by atoms with E-state index in [1.165, 1.54) is 5.56 Å². The van der Waals surface area contributed by atoms with Gasteiger partial charge in [-0.3, -0.25) is 0 Å². The van der Waals surface area contributed by atoms with Gasteiger partial charge in [0.2, 0.25) is 0 Å². The molecule has 1 aromatic rings. The molecule has 0 aliphatic heterocycles. The molecule has 2 rings (SSSR count). The Labute approximate surface area is 116 Å². The van der Waals surface area contributed by atoms with Gasteiger partial charge in [-0.25, -0.2) is 0 Å². The van der Waals surface area contributed by atoms with Gasteiger partial charge in [0.05, 0.1) is 13.2 Å². The van der Waals surface area contributed by atoms with Crippen LogP contribution in [0.15, 0.2) is 24.3 Å². The summed E-state index contributed by atoms with van der Waals surface area (Å²) in [5, 5.41) is 9.66. The highest BCUT2D eigenvalue weighted by Crippen LogP contribution is 2.37. The Balaban J connectivity index is 2.14. The zero-order valence-corrected chi connectivity index (χ0v) is 12.2. The van der Waals surface area contributed by atoms with Crippen LogP contribution in [0.3, 0.4) is 0 Å². The van der Waals surface area contributed by atoms with Gasteiger partial charge in [-0.05, 0) is 63.4 Å². The SMILES string of the molecule is COc1ccc(C(C2CCC(O)CC2)N(C)C)cc1. The first-order valence-corrected chi connectivity index (χ1v) is 7.10. The van der Waals surface area contributed by atoms with Gasteiger partial charge in [-0.2, -0.15) is 0 Å². The Morgan fingerprint density at radius 2 is 1.68 bits per heavy atom. The lowest BCUT2D eigenvalue weighted by atomic mass is 9.79. The molecule has 3 heteroatoms. The summed E-state index contributed by atoms with van der Waals surface area (Å²) in [5.74, 6) is 1.53. The van der Waals surface area contributed by atoms with E-state index >= 15 is 0 Å². The number of benzene rings is 1. The van der Waals surface area contributed by atoms with Gasteiger partial charge in [0, 0.05) is 6.04 Å². The van der Waals surface area contributed by atoms with Gasteiger partial charge in [-0.1, -0.05) is 12.1 Å². The summed E-state index contributed by atoms with van der Waals surface area (Å²) < 4.78 is 5.22. The molecule has 1 saturated carbocycles. The third-order valence-electron chi connectivity index (χ3n) is 4.20. The minimum Gasteiger partial charge on any atom is -0.497 e. The maximum atomic E-state index is 9.66. The van der Waals surface area contributed by atoms with Crippen LogP contribution < -0.4 is 4.74 Å². The van der Waals surface area contributed by atoms with Crippen molar-refractivity contribution in [3.05, 3.63) is 29.8 Å². The maximum Gasteiger partial charge on any atom is 0.118 e. The van der Waals surface area contributed by atoms with Crippen molar-refractivity contribution in [3.63, 3.8) is 0 Å². The van der Waals surface area contributed by atoms with E-state index in [0.29, 0.717) is 12.0 Å². The van der Waals surface area contributed by atoms with E-state index in [0.717, 1.165) is 31.4 Å². The topological polar surface area (TPSA) is 32.7 Å². The molecule has 0 amide bonds. The first-order chi connectivity index (χ1) is 9.11. The molecule has 0 bridgehead atoms. The van der Waals surface area contributed by atoms with E-state index in [4.69, 9.17) is 4.74 Å². The van der Waals surface area contributed by atoms with Crippen molar-refractivity contribution in [3.8, 4) is 5.75 Å². The molecule has 1 aromatic carbocycles. The van der Waals surface area contributed by atoms with Gasteiger partial charge in [0.25, 0.3) is 0 Å². The molecule has 0 radical (unpaired) electrons. The van der Waals surface area contributed by atoms with Crippen molar-refractivity contribution in [1.29, 1.82) is 0 Å². The van der Waals surface area contributed by atoms with E-state index in [1.54, 1.807) is 7.11 Å². The zero-order valence-electron chi connectivity index (χ0n) is 12.2. The molecule has 0 saturated heterocycles. The van der Waals surface area contributed by atoms with Gasteiger partial charge in [0.15, 0.2) is 0 Å². The second-order valence-corrected chi connectivity index (χ2v) is 5.75. The second kappa shape index (κ2) is 6.40. The molecular weight excluding hydrogens is 238 g/mol. The van der Waals surface area contributed by atoms with Crippen molar-refractivity contribution in [2.45, 2.75) is 37.8 Å². The van der Waals surface area contributed by atoms with Crippen LogP contribution in [0.25, 0.3) is 0 Å². The summed E-state index contributed by atoms with van der Waals surface area (Å²) in [5.41, 5.74) is 1.34. The maximum absolute atomic E-state index is 9.66. The number of hydrogen-bond acceptors (Lipinski definition) is 3. The lowest BCUT2D eigenvalue weighted by Gasteiger charge is -2.36. The Kier molecular flexibility index (Phi) is 4.83. The van der Waals surface area contributed by atoms with E-state index in [2.05, 4.69) is 31.1 Å². The van der Waals surface area contributed by atoms with Gasteiger partial charge in [-0.15, -0.1) is 0 Å². The predicted molar refractivity (Wildman–Crippen MR) is 77.4 cm³/mol. The second-order valence-electron chi connectivity index (χ2n) is 5.75. The predicted octanol–water partition coefficient (Wildman–Crippen LogP) is 2.85. The van der Waals surface area contributed by atoms with Crippen LogP contribution in [0, 0.1) is 5.92 Å². The van der Waals surface area contributed by atoms with E-state index in [1.807, 2.05) is 12.1 Å². The van der Waals surface area contributed by atoms with Gasteiger partial charge in [0.1, 0.15) is 5.75 Å². The molecule has 3 nitrogen and oxygen atoms in total. The Morgan fingerprint density at radius 1 is 1.11 bits per heavy atom. The number of aliphatic hydroxyl groups is 1. The van der Waals surface area contributed by atoms with Crippen LogP contribution in [0.4, 0.5) is 0 Å². The third-order valence-corrected chi connectivity index (χ3v) is 4.20. The monoisotopic (exact) mass is 263 g/mol. The number of ether oxygens (including phenoxy) is 1. The highest BCUT2D eigenvalue weighted by molar-refractivity contribution is 5.29. The summed E-state index contributed by atoms with van der Waals surface area (Å²) in [4.78, 5) is 2.30. The fourth-order valence-electron chi connectivity index (χ4n) is 3.21. The molecule has 0 spiro atoms. The average molecular weight is 263 g/mol. The van der Waals surface area contributed by atoms with Crippen LogP contribution in [-0.2, 0) is 0 Å². The van der Waals surface area contributed by atoms with Crippen molar-refractivity contribution in [2.24, 2.45) is 5.92 Å². The number of hydrogen-bond donors (Lipinski definition) is 1. The smallest absolute Gasteiger partial charge is 0.118 e. The molecule has 19 heavy (non-hydrogen) atoms. The molecule has 1 unspecified atom stereocenters. The molecule has 0 heterocycles. The van der Waals surface area contributed by atoms with Crippen molar-refractivity contribution in [1.82, 2.24) is 4.90 Å². The van der Waals surface area contributed by atoms with E-state index in [9.17, 15) is 5.11 Å². The van der Waals surface area contributed by atoms with Crippen molar-refractivity contribution in [2.75, 3.05) is 21.2 Å². The van der Waals surface area contributed by atoms with Crippen LogP contribution >= 0.6 is 0 Å². The van der Waals surface area contributed by atoms with Crippen LogP contribution in [0.2, 0.25) is 0 Å². The summed E-state index contributed by atoms with van der Waals surface area (Å²) in [6, 6.07) is 8.81. The lowest BCUT2D eigenvalue weighted by Crippen LogP contribution is -2.31. The number of methoxy groups -OCH3 is 1. The fraction of sp³-hybridized carbons (Fsp3) is 0.625. The minimum atomic E-state index is -0.0880. The molecule has 0 aromatic heterocycles. The van der Waals surface area contributed by atoms with E-state index in [-0.39, 0.29) is 6.10 Å². The molecule has 1 fully saturated rings. The summed E-state index contributed by atoms with van der Waals surface area (Å²) in [7, 11) is 5.97. The molecule has 1 N–H and O–H groups in total. The highest BCUT2D eigenvalue weighted by Gasteiger charge is 2.29. The number of nitrogens with zero attached hydrogens (tertiary/aromatic N) is 1. The van der Waals surface area contributed by atoms with Crippen LogP contribution in [0.1, 0.15) is 37.3 Å². The summed E-state index contributed by atoms with van der Waals surface area (Å²) in [6.45, 7) is 0. The lowest BCUT2D eigenvalue weighted by molar-refractivity contribution is 0.0779. The number of aliphatic hydroxyl groups excluding tert-OH is 1. The third kappa shape index (κ3) is 3.48. The molecule has 106 valence electrons. The molecule has 1 atom stereocenters. The summed E-state index contributed by atoms with van der Waals surface area (Å²) >= 11 is 0. The number of rotatable bonds is 4. The molecule has 1 aliphatic carbocycles. The van der Waals surface area contributed by atoms with Crippen molar-refractivity contribution >= 4 is 0 Å². The average Bonchev–Trinajstić information content (AvgIpc) is 2.42. The largest absolute Gasteiger partial charge is 0.497 e.